The molecule has 0 heteroatoms. The third kappa shape index (κ3) is 2.24. The van der Waals surface area contributed by atoms with Gasteiger partial charge in [0.2, 0.25) is 0 Å². The van der Waals surface area contributed by atoms with Crippen molar-refractivity contribution < 1.29 is 0 Å². The molecule has 20 heavy (non-hydrogen) atoms. The van der Waals surface area contributed by atoms with Crippen molar-refractivity contribution in [1.29, 1.82) is 0 Å². The van der Waals surface area contributed by atoms with Crippen LogP contribution in [-0.4, -0.2) is 0 Å². The maximum Gasteiger partial charge on any atom is -0.0139 e. The van der Waals surface area contributed by atoms with E-state index in [-0.39, 0.29) is 0 Å². The Hall–Kier alpha value is -1.04. The van der Waals surface area contributed by atoms with E-state index in [0.717, 1.165) is 35.5 Å². The molecular weight excluding hydrogens is 240 g/mol. The van der Waals surface area contributed by atoms with E-state index in [9.17, 15) is 0 Å². The van der Waals surface area contributed by atoms with Crippen LogP contribution in [0.5, 0.6) is 0 Å². The van der Waals surface area contributed by atoms with Crippen LogP contribution >= 0.6 is 0 Å². The summed E-state index contributed by atoms with van der Waals surface area (Å²) in [6, 6.07) is 0. The van der Waals surface area contributed by atoms with Crippen LogP contribution in [-0.2, 0) is 0 Å². The fourth-order valence-electron chi connectivity index (χ4n) is 5.23. The van der Waals surface area contributed by atoms with Crippen LogP contribution in [0.2, 0.25) is 0 Å². The number of fused-ring (bicyclic) bond motifs is 2. The Morgan fingerprint density at radius 3 is 1.50 bits per heavy atom. The minimum Gasteiger partial charge on any atom is -0.0808 e. The van der Waals surface area contributed by atoms with Gasteiger partial charge < -0.3 is 0 Å². The minimum atomic E-state index is 0.860. The molecule has 0 bridgehead atoms. The number of hydrogen-bond acceptors (Lipinski definition) is 0. The van der Waals surface area contributed by atoms with Gasteiger partial charge in [0.25, 0.3) is 0 Å². The molecule has 0 heterocycles. The Morgan fingerprint density at radius 1 is 0.550 bits per heavy atom. The van der Waals surface area contributed by atoms with E-state index in [4.69, 9.17) is 0 Å². The molecule has 0 aromatic rings. The Morgan fingerprint density at radius 2 is 1.00 bits per heavy atom. The summed E-state index contributed by atoms with van der Waals surface area (Å²) < 4.78 is 0. The lowest BCUT2D eigenvalue weighted by Gasteiger charge is -2.26. The quantitative estimate of drug-likeness (QED) is 0.650. The van der Waals surface area contributed by atoms with Crippen molar-refractivity contribution in [3.05, 3.63) is 48.6 Å². The van der Waals surface area contributed by atoms with Crippen molar-refractivity contribution in [3.63, 3.8) is 0 Å². The molecule has 0 radical (unpaired) electrons. The van der Waals surface area contributed by atoms with Crippen molar-refractivity contribution in [2.24, 2.45) is 35.5 Å². The van der Waals surface area contributed by atoms with Crippen molar-refractivity contribution in [2.75, 3.05) is 0 Å². The molecular formula is C20H26. The van der Waals surface area contributed by atoms with Gasteiger partial charge in [-0.3, -0.25) is 0 Å². The second-order valence-corrected chi connectivity index (χ2v) is 7.27. The van der Waals surface area contributed by atoms with E-state index in [1.54, 1.807) is 0 Å². The average molecular weight is 266 g/mol. The first-order chi connectivity index (χ1) is 9.92. The van der Waals surface area contributed by atoms with E-state index in [1.807, 2.05) is 0 Å². The first-order valence-corrected chi connectivity index (χ1v) is 8.62. The van der Waals surface area contributed by atoms with Crippen molar-refractivity contribution in [3.8, 4) is 0 Å². The van der Waals surface area contributed by atoms with Gasteiger partial charge >= 0.3 is 0 Å². The molecule has 0 aromatic heterocycles. The van der Waals surface area contributed by atoms with Gasteiger partial charge in [-0.15, -0.1) is 0 Å². The third-order valence-corrected chi connectivity index (χ3v) is 6.33. The highest BCUT2D eigenvalue weighted by molar-refractivity contribution is 5.18. The molecule has 2 fully saturated rings. The fraction of sp³-hybridized carbons (Fsp3) is 0.600. The van der Waals surface area contributed by atoms with Gasteiger partial charge in [0.15, 0.2) is 0 Å². The van der Waals surface area contributed by atoms with E-state index in [0.29, 0.717) is 0 Å². The molecule has 0 nitrogen and oxygen atoms in total. The molecule has 4 aliphatic rings. The summed E-state index contributed by atoms with van der Waals surface area (Å²) in [5.41, 5.74) is 0. The summed E-state index contributed by atoms with van der Waals surface area (Å²) in [5, 5.41) is 0. The second-order valence-electron chi connectivity index (χ2n) is 7.27. The molecule has 6 atom stereocenters. The summed E-state index contributed by atoms with van der Waals surface area (Å²) in [7, 11) is 0. The number of allylic oxidation sites excluding steroid dienone is 8. The smallest absolute Gasteiger partial charge is 0.0139 e. The van der Waals surface area contributed by atoms with E-state index < -0.39 is 0 Å². The monoisotopic (exact) mass is 266 g/mol. The summed E-state index contributed by atoms with van der Waals surface area (Å²) in [5.74, 6) is 5.36. The molecule has 0 aromatic carbocycles. The lowest BCUT2D eigenvalue weighted by Crippen LogP contribution is -2.17. The zero-order chi connectivity index (χ0) is 13.4. The largest absolute Gasteiger partial charge is 0.0808 e. The number of rotatable bonds is 3. The van der Waals surface area contributed by atoms with Crippen LogP contribution in [0, 0.1) is 35.5 Å². The zero-order valence-electron chi connectivity index (χ0n) is 12.3. The van der Waals surface area contributed by atoms with Gasteiger partial charge in [0.05, 0.1) is 0 Å². The topological polar surface area (TPSA) is 0 Å². The molecule has 2 saturated carbocycles. The average Bonchev–Trinajstić information content (AvgIpc) is 3.09. The number of hydrogen-bond donors (Lipinski definition) is 0. The third-order valence-electron chi connectivity index (χ3n) is 6.33. The SMILES string of the molecule is C1=CC2CCC(CC[C@H]3CCC4C=CC=CC43)C2C=C1. The zero-order valence-corrected chi connectivity index (χ0v) is 12.3. The highest BCUT2D eigenvalue weighted by atomic mass is 14.4. The second kappa shape index (κ2) is 5.39. The predicted octanol–water partition coefficient (Wildman–Crippen LogP) is 5.30. The van der Waals surface area contributed by atoms with Crippen molar-refractivity contribution >= 4 is 0 Å². The summed E-state index contributed by atoms with van der Waals surface area (Å²) >= 11 is 0. The van der Waals surface area contributed by atoms with Gasteiger partial charge in [0.1, 0.15) is 0 Å². The molecule has 0 N–H and O–H groups in total. The standard InChI is InChI=1S/C20H26/c1-3-7-19-15(5-1)9-11-17(19)13-14-18-12-10-16-6-2-4-8-20(16)18/h1-8,15-20H,9-14H2/t15?,16?,17-,18?,19?,20?/m1/s1. The van der Waals surface area contributed by atoms with Crippen LogP contribution in [0.3, 0.4) is 0 Å². The maximum atomic E-state index is 2.49. The molecule has 5 unspecified atom stereocenters. The van der Waals surface area contributed by atoms with E-state index >= 15 is 0 Å². The molecule has 0 aliphatic heterocycles. The van der Waals surface area contributed by atoms with Gasteiger partial charge in [-0.05, 0) is 74.0 Å². The van der Waals surface area contributed by atoms with Crippen LogP contribution < -0.4 is 0 Å². The predicted molar refractivity (Wildman–Crippen MR) is 85.2 cm³/mol. The summed E-state index contributed by atoms with van der Waals surface area (Å²) in [4.78, 5) is 0. The van der Waals surface area contributed by atoms with Gasteiger partial charge in [-0.1, -0.05) is 48.6 Å². The maximum absolute atomic E-state index is 2.49. The lowest BCUT2D eigenvalue weighted by molar-refractivity contribution is 0.316. The first kappa shape index (κ1) is 12.7. The van der Waals surface area contributed by atoms with Crippen LogP contribution in [0.1, 0.15) is 38.5 Å². The molecule has 106 valence electrons. The van der Waals surface area contributed by atoms with Crippen LogP contribution in [0.25, 0.3) is 0 Å². The van der Waals surface area contributed by atoms with Crippen LogP contribution in [0.4, 0.5) is 0 Å². The van der Waals surface area contributed by atoms with E-state index in [1.165, 1.54) is 38.5 Å². The van der Waals surface area contributed by atoms with E-state index in [2.05, 4.69) is 48.6 Å². The van der Waals surface area contributed by atoms with Gasteiger partial charge in [0, 0.05) is 0 Å². The summed E-state index contributed by atoms with van der Waals surface area (Å²) in [6.07, 6.45) is 27.6. The minimum absolute atomic E-state index is 0.860. The fourth-order valence-corrected chi connectivity index (χ4v) is 5.23. The lowest BCUT2D eigenvalue weighted by atomic mass is 9.79. The molecule has 0 spiro atoms. The van der Waals surface area contributed by atoms with Gasteiger partial charge in [-0.25, -0.2) is 0 Å². The van der Waals surface area contributed by atoms with Crippen molar-refractivity contribution in [2.45, 2.75) is 38.5 Å². The Bertz CT molecular complexity index is 420. The highest BCUT2D eigenvalue weighted by Crippen LogP contribution is 2.47. The molecule has 4 rings (SSSR count). The molecule has 0 saturated heterocycles. The normalized spacial score (nSPS) is 44.8. The Balaban J connectivity index is 1.35. The summed E-state index contributed by atoms with van der Waals surface area (Å²) in [6.45, 7) is 0. The van der Waals surface area contributed by atoms with Gasteiger partial charge in [-0.2, -0.15) is 0 Å². The highest BCUT2D eigenvalue weighted by Gasteiger charge is 2.37. The van der Waals surface area contributed by atoms with Crippen LogP contribution in [0.15, 0.2) is 48.6 Å². The molecule has 0 amide bonds. The Kier molecular flexibility index (Phi) is 3.42. The first-order valence-electron chi connectivity index (χ1n) is 8.62. The molecule has 4 aliphatic carbocycles. The van der Waals surface area contributed by atoms with Crippen molar-refractivity contribution in [1.82, 2.24) is 0 Å². The Labute approximate surface area is 123 Å².